The lowest BCUT2D eigenvalue weighted by atomic mass is 9.55. The van der Waals surface area contributed by atoms with Crippen LogP contribution in [0.15, 0.2) is 18.5 Å². The van der Waals surface area contributed by atoms with Gasteiger partial charge in [-0.1, -0.05) is 13.8 Å². The Kier molecular flexibility index (Phi) is 2.86. The Morgan fingerprint density at radius 1 is 1.29 bits per heavy atom. The standard InChI is InChI=1S/C13H21N3O/c1-12(2)10(9-13(12,3)17-5)16(4)11-14-7-6-8-15-11/h6-8,10H,9H2,1-5H3/t10-,13-/m0/s1. The third-order valence-electron chi connectivity index (χ3n) is 4.56. The minimum absolute atomic E-state index is 0.0549. The highest BCUT2D eigenvalue weighted by Gasteiger charge is 2.59. The number of ether oxygens (including phenoxy) is 1. The molecule has 1 aliphatic rings. The first-order valence-corrected chi connectivity index (χ1v) is 5.97. The summed E-state index contributed by atoms with van der Waals surface area (Å²) in [7, 11) is 3.84. The molecule has 1 saturated carbocycles. The van der Waals surface area contributed by atoms with Gasteiger partial charge in [0, 0.05) is 38.0 Å². The lowest BCUT2D eigenvalue weighted by Crippen LogP contribution is -2.68. The molecule has 1 aliphatic carbocycles. The zero-order valence-corrected chi connectivity index (χ0v) is 11.3. The van der Waals surface area contributed by atoms with E-state index in [4.69, 9.17) is 4.74 Å². The fourth-order valence-electron chi connectivity index (χ4n) is 2.69. The average Bonchev–Trinajstić information content (AvgIpc) is 2.35. The molecule has 1 heterocycles. The van der Waals surface area contributed by atoms with Crippen LogP contribution in [0.3, 0.4) is 0 Å². The van der Waals surface area contributed by atoms with Gasteiger partial charge in [0.1, 0.15) is 0 Å². The number of methoxy groups -OCH3 is 1. The molecule has 2 rings (SSSR count). The van der Waals surface area contributed by atoms with Crippen LogP contribution in [0, 0.1) is 5.41 Å². The van der Waals surface area contributed by atoms with E-state index in [1.807, 2.05) is 6.07 Å². The molecular weight excluding hydrogens is 214 g/mol. The lowest BCUT2D eigenvalue weighted by molar-refractivity contribution is -0.172. The second-order valence-corrected chi connectivity index (χ2v) is 5.54. The topological polar surface area (TPSA) is 38.2 Å². The number of hydrogen-bond donors (Lipinski definition) is 0. The normalized spacial score (nSPS) is 30.8. The van der Waals surface area contributed by atoms with Crippen molar-refractivity contribution in [1.82, 2.24) is 9.97 Å². The molecule has 2 atom stereocenters. The Morgan fingerprint density at radius 2 is 1.88 bits per heavy atom. The molecule has 0 N–H and O–H groups in total. The van der Waals surface area contributed by atoms with E-state index in [2.05, 4.69) is 42.7 Å². The van der Waals surface area contributed by atoms with Crippen LogP contribution in [0.25, 0.3) is 0 Å². The number of rotatable bonds is 3. The van der Waals surface area contributed by atoms with E-state index in [0.717, 1.165) is 12.4 Å². The average molecular weight is 235 g/mol. The first kappa shape index (κ1) is 12.3. The quantitative estimate of drug-likeness (QED) is 0.804. The van der Waals surface area contributed by atoms with Crippen molar-refractivity contribution in [3.63, 3.8) is 0 Å². The minimum atomic E-state index is -0.0549. The maximum Gasteiger partial charge on any atom is 0.225 e. The van der Waals surface area contributed by atoms with Crippen molar-refractivity contribution in [2.24, 2.45) is 5.41 Å². The van der Waals surface area contributed by atoms with Gasteiger partial charge in [-0.15, -0.1) is 0 Å². The van der Waals surface area contributed by atoms with Crippen LogP contribution in [0.2, 0.25) is 0 Å². The molecule has 0 aliphatic heterocycles. The molecule has 0 saturated heterocycles. The van der Waals surface area contributed by atoms with Crippen molar-refractivity contribution in [3.05, 3.63) is 18.5 Å². The summed E-state index contributed by atoms with van der Waals surface area (Å²) in [4.78, 5) is 10.7. The van der Waals surface area contributed by atoms with E-state index in [0.29, 0.717) is 6.04 Å². The number of aromatic nitrogens is 2. The van der Waals surface area contributed by atoms with Crippen LogP contribution in [-0.2, 0) is 4.74 Å². The summed E-state index contributed by atoms with van der Waals surface area (Å²) in [6.07, 6.45) is 4.56. The van der Waals surface area contributed by atoms with Crippen LogP contribution in [0.1, 0.15) is 27.2 Å². The van der Waals surface area contributed by atoms with Gasteiger partial charge in [0.15, 0.2) is 0 Å². The molecule has 17 heavy (non-hydrogen) atoms. The molecule has 0 amide bonds. The Morgan fingerprint density at radius 3 is 2.35 bits per heavy atom. The maximum atomic E-state index is 5.64. The summed E-state index contributed by atoms with van der Waals surface area (Å²) in [5.41, 5.74) is 0.0381. The highest BCUT2D eigenvalue weighted by Crippen LogP contribution is 2.53. The molecule has 4 heteroatoms. The first-order valence-electron chi connectivity index (χ1n) is 5.97. The number of nitrogens with zero attached hydrogens (tertiary/aromatic N) is 3. The predicted octanol–water partition coefficient (Wildman–Crippen LogP) is 2.12. The van der Waals surface area contributed by atoms with Gasteiger partial charge in [-0.25, -0.2) is 9.97 Å². The summed E-state index contributed by atoms with van der Waals surface area (Å²) in [6, 6.07) is 2.25. The van der Waals surface area contributed by atoms with E-state index < -0.39 is 0 Å². The maximum absolute atomic E-state index is 5.64. The van der Waals surface area contributed by atoms with Gasteiger partial charge in [-0.2, -0.15) is 0 Å². The number of hydrogen-bond acceptors (Lipinski definition) is 4. The highest BCUT2D eigenvalue weighted by molar-refractivity contribution is 5.34. The summed E-state index contributed by atoms with van der Waals surface area (Å²) in [6.45, 7) is 6.65. The summed E-state index contributed by atoms with van der Waals surface area (Å²) in [5, 5.41) is 0. The largest absolute Gasteiger partial charge is 0.378 e. The molecule has 0 unspecified atom stereocenters. The minimum Gasteiger partial charge on any atom is -0.378 e. The fourth-order valence-corrected chi connectivity index (χ4v) is 2.69. The molecular formula is C13H21N3O. The van der Waals surface area contributed by atoms with Gasteiger partial charge in [-0.05, 0) is 19.4 Å². The second kappa shape index (κ2) is 3.95. The van der Waals surface area contributed by atoms with E-state index in [-0.39, 0.29) is 11.0 Å². The molecule has 0 bridgehead atoms. The second-order valence-electron chi connectivity index (χ2n) is 5.54. The molecule has 94 valence electrons. The third-order valence-corrected chi connectivity index (χ3v) is 4.56. The Bertz CT molecular complexity index is 393. The molecule has 1 fully saturated rings. The van der Waals surface area contributed by atoms with Gasteiger partial charge in [-0.3, -0.25) is 0 Å². The monoisotopic (exact) mass is 235 g/mol. The Labute approximate surface area is 103 Å². The molecule has 1 aromatic rings. The van der Waals surface area contributed by atoms with Crippen LogP contribution in [0.5, 0.6) is 0 Å². The van der Waals surface area contributed by atoms with E-state index in [1.165, 1.54) is 0 Å². The van der Waals surface area contributed by atoms with Gasteiger partial charge in [0.25, 0.3) is 0 Å². The highest BCUT2D eigenvalue weighted by atomic mass is 16.5. The molecule has 0 aromatic carbocycles. The van der Waals surface area contributed by atoms with E-state index in [1.54, 1.807) is 19.5 Å². The van der Waals surface area contributed by atoms with Crippen molar-refractivity contribution in [3.8, 4) is 0 Å². The van der Waals surface area contributed by atoms with Crippen molar-refractivity contribution in [2.75, 3.05) is 19.1 Å². The Balaban J connectivity index is 2.17. The Hall–Kier alpha value is -1.16. The lowest BCUT2D eigenvalue weighted by Gasteiger charge is -2.61. The fraction of sp³-hybridized carbons (Fsp3) is 0.692. The zero-order chi connectivity index (χ0) is 12.7. The molecule has 0 spiro atoms. The summed E-state index contributed by atoms with van der Waals surface area (Å²) in [5.74, 6) is 0.781. The van der Waals surface area contributed by atoms with Crippen LogP contribution in [0.4, 0.5) is 5.95 Å². The zero-order valence-electron chi connectivity index (χ0n) is 11.3. The van der Waals surface area contributed by atoms with Crippen molar-refractivity contribution in [1.29, 1.82) is 0 Å². The van der Waals surface area contributed by atoms with Gasteiger partial charge in [0.05, 0.1) is 5.60 Å². The van der Waals surface area contributed by atoms with Crippen LogP contribution in [-0.4, -0.2) is 35.8 Å². The van der Waals surface area contributed by atoms with Crippen molar-refractivity contribution >= 4 is 5.95 Å². The third kappa shape index (κ3) is 1.71. The molecule has 0 radical (unpaired) electrons. The first-order chi connectivity index (χ1) is 7.92. The number of anilines is 1. The summed E-state index contributed by atoms with van der Waals surface area (Å²) < 4.78 is 5.64. The smallest absolute Gasteiger partial charge is 0.225 e. The van der Waals surface area contributed by atoms with Crippen molar-refractivity contribution in [2.45, 2.75) is 38.8 Å². The van der Waals surface area contributed by atoms with Gasteiger partial charge < -0.3 is 9.64 Å². The van der Waals surface area contributed by atoms with E-state index >= 15 is 0 Å². The SMILES string of the molecule is CO[C@@]1(C)C[C@H](N(C)c2ncccn2)C1(C)C. The van der Waals surface area contributed by atoms with Crippen LogP contribution >= 0.6 is 0 Å². The van der Waals surface area contributed by atoms with E-state index in [9.17, 15) is 0 Å². The van der Waals surface area contributed by atoms with Crippen LogP contribution < -0.4 is 4.90 Å². The van der Waals surface area contributed by atoms with Gasteiger partial charge in [0.2, 0.25) is 5.95 Å². The molecule has 1 aromatic heterocycles. The van der Waals surface area contributed by atoms with Gasteiger partial charge >= 0.3 is 0 Å². The van der Waals surface area contributed by atoms with Crippen molar-refractivity contribution < 1.29 is 4.74 Å². The summed E-state index contributed by atoms with van der Waals surface area (Å²) >= 11 is 0. The predicted molar refractivity (Wildman–Crippen MR) is 68.0 cm³/mol. The molecule has 4 nitrogen and oxygen atoms in total.